The van der Waals surface area contributed by atoms with Gasteiger partial charge in [-0.05, 0) is 19.5 Å². The van der Waals surface area contributed by atoms with Crippen LogP contribution in [0.2, 0.25) is 0 Å². The third-order valence-electron chi connectivity index (χ3n) is 4.08. The van der Waals surface area contributed by atoms with Gasteiger partial charge in [-0.1, -0.05) is 25.1 Å². The van der Waals surface area contributed by atoms with Crippen molar-refractivity contribution in [3.05, 3.63) is 35.6 Å². The molecule has 1 aliphatic heterocycles. The normalized spacial score (nSPS) is 18.9. The van der Waals surface area contributed by atoms with Crippen molar-refractivity contribution < 1.29 is 40.2 Å². The molecule has 0 amide bonds. The molecule has 28 heavy (non-hydrogen) atoms. The van der Waals surface area contributed by atoms with Gasteiger partial charge in [0, 0.05) is 18.5 Å². The van der Waals surface area contributed by atoms with E-state index in [2.05, 4.69) is 5.32 Å². The molecule has 1 heterocycles. The number of ether oxygens (including phenoxy) is 1. The van der Waals surface area contributed by atoms with Gasteiger partial charge in [0.05, 0.1) is 12.7 Å². The molecule has 2 rings (SSSR count). The van der Waals surface area contributed by atoms with Crippen molar-refractivity contribution in [3.63, 3.8) is 0 Å². The molecule has 0 saturated heterocycles. The molecule has 0 unspecified atom stereocenters. The van der Waals surface area contributed by atoms with Crippen molar-refractivity contribution in [1.29, 1.82) is 0 Å². The monoisotopic (exact) mass is 399 g/mol. The second-order valence-corrected chi connectivity index (χ2v) is 6.31. The Kier molecular flexibility index (Phi) is 10.1. The summed E-state index contributed by atoms with van der Waals surface area (Å²) >= 11 is 0. The number of allylic oxidation sites excluding steroid dienone is 1. The van der Waals surface area contributed by atoms with Gasteiger partial charge in [-0.3, -0.25) is 0 Å². The molecule has 1 aliphatic rings. The highest BCUT2D eigenvalue weighted by Crippen LogP contribution is 2.35. The van der Waals surface area contributed by atoms with Crippen LogP contribution in [0.4, 0.5) is 0 Å². The van der Waals surface area contributed by atoms with E-state index in [1.807, 2.05) is 13.0 Å². The standard InChI is InChI=1S/C12H12O3.C7H17NO5/c1-2-5-9(13)11-8-6-3-4-7-10(8)15-12(11)14;1-8-2-4(10)6(12)7(13)5(11)3-9/h3-4,6-7,13H,2,5H2,1H3;4-13H,2-3H2,1H3/b11-9-;/t;4-,5+,6+,7+/m.0/s1. The van der Waals surface area contributed by atoms with E-state index in [1.165, 1.54) is 0 Å². The first-order chi connectivity index (χ1) is 13.3. The lowest BCUT2D eigenvalue weighted by atomic mass is 10.0. The highest BCUT2D eigenvalue weighted by Gasteiger charge is 2.30. The number of fused-ring (bicyclic) bond motifs is 1. The zero-order chi connectivity index (χ0) is 21.3. The van der Waals surface area contributed by atoms with Gasteiger partial charge in [0.2, 0.25) is 0 Å². The van der Waals surface area contributed by atoms with Crippen LogP contribution in [0.3, 0.4) is 0 Å². The van der Waals surface area contributed by atoms with Crippen molar-refractivity contribution in [2.24, 2.45) is 0 Å². The third kappa shape index (κ3) is 6.26. The van der Waals surface area contributed by atoms with Crippen molar-refractivity contribution in [1.82, 2.24) is 5.32 Å². The summed E-state index contributed by atoms with van der Waals surface area (Å²) in [5.41, 5.74) is 1.00. The fourth-order valence-corrected chi connectivity index (χ4v) is 2.55. The van der Waals surface area contributed by atoms with Crippen LogP contribution in [0.25, 0.3) is 5.57 Å². The maximum Gasteiger partial charge on any atom is 0.347 e. The zero-order valence-corrected chi connectivity index (χ0v) is 15.9. The van der Waals surface area contributed by atoms with Gasteiger partial charge in [0.1, 0.15) is 35.4 Å². The summed E-state index contributed by atoms with van der Waals surface area (Å²) in [5, 5.41) is 57.2. The number of hydrogen-bond acceptors (Lipinski definition) is 9. The summed E-state index contributed by atoms with van der Waals surface area (Å²) in [4.78, 5) is 11.5. The molecule has 0 bridgehead atoms. The molecule has 0 saturated carbocycles. The van der Waals surface area contributed by atoms with Crippen LogP contribution in [-0.4, -0.2) is 81.2 Å². The van der Waals surface area contributed by atoms with Gasteiger partial charge in [-0.25, -0.2) is 4.79 Å². The second kappa shape index (κ2) is 11.7. The number of nitrogens with one attached hydrogen (secondary N) is 1. The van der Waals surface area contributed by atoms with Crippen LogP contribution in [0.1, 0.15) is 25.3 Å². The number of carbonyl (C=O) groups excluding carboxylic acids is 1. The van der Waals surface area contributed by atoms with Crippen LogP contribution in [0.15, 0.2) is 30.0 Å². The minimum absolute atomic E-state index is 0.0936. The molecule has 0 fully saturated rings. The molecule has 0 aromatic heterocycles. The lowest BCUT2D eigenvalue weighted by Gasteiger charge is -2.25. The van der Waals surface area contributed by atoms with Crippen molar-refractivity contribution >= 4 is 11.5 Å². The number of para-hydroxylation sites is 1. The third-order valence-corrected chi connectivity index (χ3v) is 4.08. The van der Waals surface area contributed by atoms with Gasteiger partial charge in [0.15, 0.2) is 0 Å². The van der Waals surface area contributed by atoms with Gasteiger partial charge >= 0.3 is 5.97 Å². The quantitative estimate of drug-likeness (QED) is 0.130. The van der Waals surface area contributed by atoms with E-state index < -0.39 is 37.0 Å². The first-order valence-electron chi connectivity index (χ1n) is 8.99. The molecule has 9 heteroatoms. The molecule has 0 spiro atoms. The fraction of sp³-hybridized carbons (Fsp3) is 0.526. The Bertz CT molecular complexity index is 663. The number of esters is 1. The van der Waals surface area contributed by atoms with Gasteiger partial charge < -0.3 is 40.7 Å². The summed E-state index contributed by atoms with van der Waals surface area (Å²) in [6.45, 7) is 1.38. The Balaban J connectivity index is 0.000000284. The number of rotatable bonds is 8. The maximum absolute atomic E-state index is 11.5. The second-order valence-electron chi connectivity index (χ2n) is 6.31. The molecule has 7 N–H and O–H groups in total. The molecular weight excluding hydrogens is 370 g/mol. The average molecular weight is 399 g/mol. The smallest absolute Gasteiger partial charge is 0.347 e. The van der Waals surface area contributed by atoms with Crippen LogP contribution in [-0.2, 0) is 4.79 Å². The molecule has 0 radical (unpaired) electrons. The Hall–Kier alpha value is -2.01. The molecule has 9 nitrogen and oxygen atoms in total. The van der Waals surface area contributed by atoms with E-state index in [0.717, 1.165) is 6.42 Å². The van der Waals surface area contributed by atoms with Crippen molar-refractivity contribution in [2.45, 2.75) is 44.2 Å². The van der Waals surface area contributed by atoms with Gasteiger partial charge in [-0.2, -0.15) is 0 Å². The summed E-state index contributed by atoms with van der Waals surface area (Å²) in [6.07, 6.45) is -4.35. The minimum atomic E-state index is -1.55. The Morgan fingerprint density at radius 3 is 2.29 bits per heavy atom. The van der Waals surface area contributed by atoms with E-state index in [4.69, 9.17) is 25.2 Å². The first kappa shape index (κ1) is 24.0. The predicted octanol–water partition coefficient (Wildman–Crippen LogP) is -0.683. The maximum atomic E-state index is 11.5. The lowest BCUT2D eigenvalue weighted by molar-refractivity contribution is -0.127. The summed E-state index contributed by atoms with van der Waals surface area (Å²) in [6, 6.07) is 7.12. The summed E-state index contributed by atoms with van der Waals surface area (Å²) < 4.78 is 5.03. The number of hydrogen-bond donors (Lipinski definition) is 7. The highest BCUT2D eigenvalue weighted by molar-refractivity contribution is 6.22. The summed E-state index contributed by atoms with van der Waals surface area (Å²) in [5.74, 6) is 0.190. The average Bonchev–Trinajstić information content (AvgIpc) is 3.02. The van der Waals surface area contributed by atoms with Gasteiger partial charge in [-0.15, -0.1) is 0 Å². The Morgan fingerprint density at radius 2 is 1.71 bits per heavy atom. The number of likely N-dealkylation sites (N-methyl/N-ethyl adjacent to an activating group) is 1. The SMILES string of the molecule is CCC/C(O)=C1/C(=O)Oc2ccccc21.CNC[C@H](O)[C@@H](O)[C@H](O)[C@H](O)CO. The van der Waals surface area contributed by atoms with Crippen LogP contribution in [0, 0.1) is 0 Å². The van der Waals surface area contributed by atoms with E-state index in [0.29, 0.717) is 23.3 Å². The highest BCUT2D eigenvalue weighted by atomic mass is 16.5. The molecular formula is C19H29NO8. The Morgan fingerprint density at radius 1 is 1.11 bits per heavy atom. The predicted molar refractivity (Wildman–Crippen MR) is 102 cm³/mol. The number of aliphatic hydroxyl groups is 6. The molecule has 0 aliphatic carbocycles. The van der Waals surface area contributed by atoms with E-state index in [-0.39, 0.29) is 12.3 Å². The van der Waals surface area contributed by atoms with Crippen molar-refractivity contribution in [2.75, 3.05) is 20.2 Å². The lowest BCUT2D eigenvalue weighted by Crippen LogP contribution is -2.48. The van der Waals surface area contributed by atoms with Gasteiger partial charge in [0.25, 0.3) is 0 Å². The number of benzene rings is 1. The van der Waals surface area contributed by atoms with Crippen LogP contribution < -0.4 is 10.1 Å². The van der Waals surface area contributed by atoms with E-state index in [1.54, 1.807) is 25.2 Å². The Labute approximate surface area is 163 Å². The van der Waals surface area contributed by atoms with Crippen molar-refractivity contribution in [3.8, 4) is 5.75 Å². The molecule has 4 atom stereocenters. The first-order valence-corrected chi connectivity index (χ1v) is 8.99. The van der Waals surface area contributed by atoms with E-state index in [9.17, 15) is 15.0 Å². The van der Waals surface area contributed by atoms with Crippen LogP contribution >= 0.6 is 0 Å². The summed E-state index contributed by atoms with van der Waals surface area (Å²) in [7, 11) is 1.57. The molecule has 1 aromatic carbocycles. The van der Waals surface area contributed by atoms with E-state index >= 15 is 0 Å². The largest absolute Gasteiger partial charge is 0.511 e. The number of carbonyl (C=O) groups is 1. The molecule has 1 aromatic rings. The number of aliphatic hydroxyl groups excluding tert-OH is 6. The molecule has 158 valence electrons. The topological polar surface area (TPSA) is 160 Å². The fourth-order valence-electron chi connectivity index (χ4n) is 2.55. The van der Waals surface area contributed by atoms with Crippen LogP contribution in [0.5, 0.6) is 5.75 Å². The zero-order valence-electron chi connectivity index (χ0n) is 15.9. The minimum Gasteiger partial charge on any atom is -0.511 e.